The van der Waals surface area contributed by atoms with Gasteiger partial charge in [-0.1, -0.05) is 42.5 Å². The van der Waals surface area contributed by atoms with Crippen molar-refractivity contribution in [3.63, 3.8) is 0 Å². The Kier molecular flexibility index (Phi) is 3.79. The van der Waals surface area contributed by atoms with E-state index in [1.54, 1.807) is 11.3 Å². The molecule has 0 aliphatic heterocycles. The normalized spacial score (nSPS) is 10.9. The number of aromatic nitrogens is 1. The lowest BCUT2D eigenvalue weighted by atomic mass is 9.99. The Morgan fingerprint density at radius 1 is 0.792 bits per heavy atom. The van der Waals surface area contributed by atoms with Crippen molar-refractivity contribution in [2.45, 2.75) is 0 Å². The average molecular weight is 330 g/mol. The molecule has 0 spiro atoms. The smallest absolute Gasteiger partial charge is 0.125 e. The predicted molar refractivity (Wildman–Crippen MR) is 105 cm³/mol. The maximum absolute atomic E-state index is 4.85. The Morgan fingerprint density at radius 2 is 1.54 bits per heavy atom. The Morgan fingerprint density at radius 3 is 2.29 bits per heavy atom. The van der Waals surface area contributed by atoms with Crippen LogP contribution in [0, 0.1) is 0 Å². The van der Waals surface area contributed by atoms with Crippen LogP contribution in [-0.4, -0.2) is 19.1 Å². The van der Waals surface area contributed by atoms with Gasteiger partial charge in [-0.3, -0.25) is 0 Å². The molecule has 0 unspecified atom stereocenters. The van der Waals surface area contributed by atoms with Crippen LogP contribution in [0.4, 0.5) is 5.69 Å². The quantitative estimate of drug-likeness (QED) is 0.479. The molecule has 0 aliphatic rings. The van der Waals surface area contributed by atoms with Crippen LogP contribution in [0.3, 0.4) is 0 Å². The third kappa shape index (κ3) is 2.68. The fraction of sp³-hybridized carbons (Fsp3) is 0.0952. The first-order chi connectivity index (χ1) is 11.7. The van der Waals surface area contributed by atoms with Gasteiger partial charge < -0.3 is 4.90 Å². The van der Waals surface area contributed by atoms with Crippen LogP contribution in [0.2, 0.25) is 0 Å². The second kappa shape index (κ2) is 6.10. The maximum atomic E-state index is 4.85. The fourth-order valence-electron chi connectivity index (χ4n) is 2.84. The first kappa shape index (κ1) is 14.9. The molecule has 0 radical (unpaired) electrons. The van der Waals surface area contributed by atoms with Crippen LogP contribution < -0.4 is 4.90 Å². The zero-order valence-electron chi connectivity index (χ0n) is 13.7. The molecule has 0 fully saturated rings. The highest BCUT2D eigenvalue weighted by Crippen LogP contribution is 2.38. The monoisotopic (exact) mass is 330 g/mol. The van der Waals surface area contributed by atoms with E-state index in [0.29, 0.717) is 0 Å². The van der Waals surface area contributed by atoms with Gasteiger partial charge in [0.05, 0.1) is 10.2 Å². The molecule has 3 heteroatoms. The molecule has 0 saturated carbocycles. The Hall–Kier alpha value is -2.65. The second-order valence-electron chi connectivity index (χ2n) is 5.98. The van der Waals surface area contributed by atoms with Gasteiger partial charge in [0.1, 0.15) is 5.01 Å². The molecule has 0 bridgehead atoms. The molecule has 0 atom stereocenters. The number of thiazole rings is 1. The summed E-state index contributed by atoms with van der Waals surface area (Å²) in [4.78, 5) is 6.98. The number of fused-ring (bicyclic) bond motifs is 1. The maximum Gasteiger partial charge on any atom is 0.125 e. The van der Waals surface area contributed by atoms with Crippen LogP contribution in [-0.2, 0) is 0 Å². The van der Waals surface area contributed by atoms with Gasteiger partial charge in [0.2, 0.25) is 0 Å². The lowest BCUT2D eigenvalue weighted by molar-refractivity contribution is 1.13. The minimum Gasteiger partial charge on any atom is -0.378 e. The van der Waals surface area contributed by atoms with Crippen LogP contribution in [0.5, 0.6) is 0 Å². The predicted octanol–water partition coefficient (Wildman–Crippen LogP) is 5.70. The summed E-state index contributed by atoms with van der Waals surface area (Å²) in [6, 6.07) is 25.4. The zero-order chi connectivity index (χ0) is 16.5. The van der Waals surface area contributed by atoms with E-state index in [9.17, 15) is 0 Å². The van der Waals surface area contributed by atoms with Gasteiger partial charge in [0.15, 0.2) is 0 Å². The van der Waals surface area contributed by atoms with Crippen molar-refractivity contribution in [1.82, 2.24) is 4.98 Å². The average Bonchev–Trinajstić information content (AvgIpc) is 3.06. The summed E-state index contributed by atoms with van der Waals surface area (Å²) >= 11 is 1.75. The molecule has 1 aromatic heterocycles. The number of rotatable bonds is 3. The number of benzene rings is 3. The molecular weight excluding hydrogens is 312 g/mol. The Labute approximate surface area is 146 Å². The fourth-order valence-corrected chi connectivity index (χ4v) is 3.85. The number of hydrogen-bond acceptors (Lipinski definition) is 3. The Bertz CT molecular complexity index is 954. The molecule has 0 amide bonds. The van der Waals surface area contributed by atoms with E-state index in [1.165, 1.54) is 27.1 Å². The summed E-state index contributed by atoms with van der Waals surface area (Å²) in [7, 11) is 4.14. The number of hydrogen-bond donors (Lipinski definition) is 0. The van der Waals surface area contributed by atoms with E-state index in [-0.39, 0.29) is 0 Å². The molecule has 0 aliphatic carbocycles. The van der Waals surface area contributed by atoms with Gasteiger partial charge >= 0.3 is 0 Å². The van der Waals surface area contributed by atoms with Gasteiger partial charge in [-0.05, 0) is 41.5 Å². The largest absolute Gasteiger partial charge is 0.378 e. The summed E-state index contributed by atoms with van der Waals surface area (Å²) in [5, 5.41) is 1.07. The molecular formula is C21H18N2S. The van der Waals surface area contributed by atoms with E-state index in [4.69, 9.17) is 4.98 Å². The summed E-state index contributed by atoms with van der Waals surface area (Å²) < 4.78 is 1.23. The lowest BCUT2D eigenvalue weighted by Crippen LogP contribution is -2.08. The minimum absolute atomic E-state index is 1.06. The van der Waals surface area contributed by atoms with Crippen molar-refractivity contribution in [1.29, 1.82) is 0 Å². The Balaban J connectivity index is 1.94. The molecule has 24 heavy (non-hydrogen) atoms. The highest BCUT2D eigenvalue weighted by atomic mass is 32.1. The van der Waals surface area contributed by atoms with Crippen LogP contribution in [0.25, 0.3) is 31.9 Å². The topological polar surface area (TPSA) is 16.1 Å². The zero-order valence-corrected chi connectivity index (χ0v) is 14.5. The summed E-state index contributed by atoms with van der Waals surface area (Å²) in [5.74, 6) is 0. The van der Waals surface area contributed by atoms with Gasteiger partial charge in [-0.25, -0.2) is 4.98 Å². The number of para-hydroxylation sites is 1. The van der Waals surface area contributed by atoms with E-state index >= 15 is 0 Å². The first-order valence-corrected chi connectivity index (χ1v) is 8.77. The third-order valence-corrected chi connectivity index (χ3v) is 5.20. The van der Waals surface area contributed by atoms with E-state index in [1.807, 2.05) is 6.07 Å². The summed E-state index contributed by atoms with van der Waals surface area (Å²) in [6.45, 7) is 0. The molecule has 0 saturated heterocycles. The van der Waals surface area contributed by atoms with E-state index in [0.717, 1.165) is 10.5 Å². The van der Waals surface area contributed by atoms with Crippen molar-refractivity contribution in [2.75, 3.05) is 19.0 Å². The standard InChI is InChI=1S/C21H18N2S/c1-23(2)16-12-13-17(18(14-16)15-8-4-3-5-9-15)21-22-19-10-6-7-11-20(19)24-21/h3-14H,1-2H3. The molecule has 1 heterocycles. The van der Waals surface area contributed by atoms with Crippen molar-refractivity contribution >= 4 is 27.2 Å². The van der Waals surface area contributed by atoms with Crippen molar-refractivity contribution in [2.24, 2.45) is 0 Å². The highest BCUT2D eigenvalue weighted by Gasteiger charge is 2.13. The van der Waals surface area contributed by atoms with Crippen molar-refractivity contribution in [3.8, 4) is 21.7 Å². The van der Waals surface area contributed by atoms with Crippen LogP contribution >= 0.6 is 11.3 Å². The van der Waals surface area contributed by atoms with E-state index < -0.39 is 0 Å². The second-order valence-corrected chi connectivity index (χ2v) is 7.01. The van der Waals surface area contributed by atoms with E-state index in [2.05, 4.69) is 85.7 Å². The molecule has 118 valence electrons. The van der Waals surface area contributed by atoms with Crippen molar-refractivity contribution < 1.29 is 0 Å². The third-order valence-electron chi connectivity index (χ3n) is 4.13. The highest BCUT2D eigenvalue weighted by molar-refractivity contribution is 7.21. The van der Waals surface area contributed by atoms with Gasteiger partial charge in [0, 0.05) is 25.3 Å². The number of nitrogens with zero attached hydrogens (tertiary/aromatic N) is 2. The molecule has 2 nitrogen and oxygen atoms in total. The molecule has 3 aromatic carbocycles. The first-order valence-electron chi connectivity index (χ1n) is 7.95. The molecule has 4 aromatic rings. The van der Waals surface area contributed by atoms with Gasteiger partial charge in [0.25, 0.3) is 0 Å². The number of anilines is 1. The van der Waals surface area contributed by atoms with Crippen LogP contribution in [0.15, 0.2) is 72.8 Å². The molecule has 4 rings (SSSR count). The summed E-state index contributed by atoms with van der Waals surface area (Å²) in [6.07, 6.45) is 0. The van der Waals surface area contributed by atoms with Gasteiger partial charge in [-0.2, -0.15) is 0 Å². The molecule has 0 N–H and O–H groups in total. The lowest BCUT2D eigenvalue weighted by Gasteiger charge is -2.16. The van der Waals surface area contributed by atoms with Gasteiger partial charge in [-0.15, -0.1) is 11.3 Å². The summed E-state index contributed by atoms with van der Waals surface area (Å²) in [5.41, 5.74) is 5.89. The van der Waals surface area contributed by atoms with Crippen molar-refractivity contribution in [3.05, 3.63) is 72.8 Å². The SMILES string of the molecule is CN(C)c1ccc(-c2nc3ccccc3s2)c(-c2ccccc2)c1. The van der Waals surface area contributed by atoms with Crippen LogP contribution in [0.1, 0.15) is 0 Å². The minimum atomic E-state index is 1.06.